The van der Waals surface area contributed by atoms with Crippen molar-refractivity contribution in [1.29, 1.82) is 0 Å². The molecule has 1 aromatic carbocycles. The molecule has 0 atom stereocenters. The number of hydrogen-bond donors (Lipinski definition) is 0. The van der Waals surface area contributed by atoms with Crippen LogP contribution in [0.3, 0.4) is 0 Å². The van der Waals surface area contributed by atoms with Gasteiger partial charge in [-0.15, -0.1) is 5.10 Å². The largest absolute Gasteiger partial charge is 0.494 e. The Balaban J connectivity index is 2.41. The zero-order chi connectivity index (χ0) is 13.8. The highest BCUT2D eigenvalue weighted by molar-refractivity contribution is 7.08. The van der Waals surface area contributed by atoms with E-state index in [0.29, 0.717) is 17.0 Å². The van der Waals surface area contributed by atoms with Crippen LogP contribution in [0.15, 0.2) is 18.2 Å². The molecule has 0 radical (unpaired) electrons. The zero-order valence-corrected chi connectivity index (χ0v) is 11.5. The number of halogens is 1. The smallest absolute Gasteiger partial charge is 0.209 e. The van der Waals surface area contributed by atoms with E-state index in [9.17, 15) is 9.18 Å². The van der Waals surface area contributed by atoms with E-state index in [4.69, 9.17) is 4.74 Å². The SMILES string of the molecule is CCCc1nnsc1C(=O)c1cccc(OC)c1F. The zero-order valence-electron chi connectivity index (χ0n) is 10.6. The first kappa shape index (κ1) is 13.6. The molecule has 0 bridgehead atoms. The summed E-state index contributed by atoms with van der Waals surface area (Å²) in [5.41, 5.74) is 0.613. The molecule has 0 aliphatic heterocycles. The number of aromatic nitrogens is 2. The molecule has 0 N–H and O–H groups in total. The van der Waals surface area contributed by atoms with Crippen molar-refractivity contribution in [3.05, 3.63) is 40.2 Å². The molecule has 0 saturated carbocycles. The Hall–Kier alpha value is -1.82. The van der Waals surface area contributed by atoms with E-state index < -0.39 is 11.6 Å². The molecule has 0 fully saturated rings. The van der Waals surface area contributed by atoms with Crippen molar-refractivity contribution in [2.24, 2.45) is 0 Å². The Morgan fingerprint density at radius 2 is 2.26 bits per heavy atom. The highest BCUT2D eigenvalue weighted by atomic mass is 32.1. The van der Waals surface area contributed by atoms with Gasteiger partial charge in [0, 0.05) is 0 Å². The molecule has 0 aliphatic carbocycles. The van der Waals surface area contributed by atoms with Gasteiger partial charge in [0.15, 0.2) is 11.6 Å². The van der Waals surface area contributed by atoms with Crippen LogP contribution in [0.1, 0.15) is 34.3 Å². The summed E-state index contributed by atoms with van der Waals surface area (Å²) < 4.78 is 22.7. The second-order valence-corrected chi connectivity index (χ2v) is 4.70. The van der Waals surface area contributed by atoms with Crippen LogP contribution in [0, 0.1) is 5.82 Å². The van der Waals surface area contributed by atoms with Gasteiger partial charge in [0.2, 0.25) is 5.78 Å². The molecular weight excluding hydrogens is 267 g/mol. The molecule has 2 aromatic rings. The highest BCUT2D eigenvalue weighted by Crippen LogP contribution is 2.24. The molecule has 2 rings (SSSR count). The minimum atomic E-state index is -0.647. The van der Waals surface area contributed by atoms with Crippen molar-refractivity contribution in [3.8, 4) is 5.75 Å². The highest BCUT2D eigenvalue weighted by Gasteiger charge is 2.22. The van der Waals surface area contributed by atoms with Crippen LogP contribution < -0.4 is 4.74 Å². The maximum Gasteiger partial charge on any atom is 0.209 e. The number of ketones is 1. The van der Waals surface area contributed by atoms with Gasteiger partial charge in [0.1, 0.15) is 4.88 Å². The third kappa shape index (κ3) is 2.63. The predicted octanol–water partition coefficient (Wildman–Crippen LogP) is 2.87. The number of carbonyl (C=O) groups excluding carboxylic acids is 1. The van der Waals surface area contributed by atoms with E-state index in [2.05, 4.69) is 9.59 Å². The first-order valence-electron chi connectivity index (χ1n) is 5.87. The summed E-state index contributed by atoms with van der Waals surface area (Å²) in [4.78, 5) is 12.7. The lowest BCUT2D eigenvalue weighted by Gasteiger charge is -2.05. The molecule has 4 nitrogen and oxygen atoms in total. The van der Waals surface area contributed by atoms with Crippen LogP contribution in [-0.2, 0) is 6.42 Å². The molecule has 0 unspecified atom stereocenters. The molecule has 0 amide bonds. The number of benzene rings is 1. The third-order valence-corrected chi connectivity index (χ3v) is 3.44. The summed E-state index contributed by atoms with van der Waals surface area (Å²) in [6.45, 7) is 1.99. The Labute approximate surface area is 114 Å². The van der Waals surface area contributed by atoms with E-state index in [-0.39, 0.29) is 11.3 Å². The van der Waals surface area contributed by atoms with Crippen LogP contribution >= 0.6 is 11.5 Å². The van der Waals surface area contributed by atoms with Gasteiger partial charge >= 0.3 is 0 Å². The second-order valence-electron chi connectivity index (χ2n) is 3.95. The van der Waals surface area contributed by atoms with Crippen molar-refractivity contribution in [3.63, 3.8) is 0 Å². The first-order chi connectivity index (χ1) is 9.19. The molecule has 100 valence electrons. The molecule has 6 heteroatoms. The fourth-order valence-electron chi connectivity index (χ4n) is 1.75. The molecule has 0 aliphatic rings. The topological polar surface area (TPSA) is 52.1 Å². The van der Waals surface area contributed by atoms with Gasteiger partial charge in [-0.05, 0) is 30.1 Å². The minimum Gasteiger partial charge on any atom is -0.494 e. The van der Waals surface area contributed by atoms with Crippen LogP contribution in [0.4, 0.5) is 4.39 Å². The standard InChI is InChI=1S/C13H13FN2O2S/c1-3-5-9-13(19-16-15-9)12(17)8-6-4-7-10(18-2)11(8)14/h4,6-7H,3,5H2,1-2H3. The van der Waals surface area contributed by atoms with Gasteiger partial charge in [-0.2, -0.15) is 0 Å². The minimum absolute atomic E-state index is 0.0113. The van der Waals surface area contributed by atoms with Crippen molar-refractivity contribution in [1.82, 2.24) is 9.59 Å². The number of aryl methyl sites for hydroxylation is 1. The van der Waals surface area contributed by atoms with Crippen molar-refractivity contribution in [2.45, 2.75) is 19.8 Å². The van der Waals surface area contributed by atoms with Crippen LogP contribution in [0.5, 0.6) is 5.75 Å². The number of rotatable bonds is 5. The molecule has 1 aromatic heterocycles. The lowest BCUT2D eigenvalue weighted by molar-refractivity contribution is 0.103. The van der Waals surface area contributed by atoms with Gasteiger partial charge in [-0.3, -0.25) is 4.79 Å². The Kier molecular flexibility index (Phi) is 4.21. The normalized spacial score (nSPS) is 10.5. The molecule has 19 heavy (non-hydrogen) atoms. The van der Waals surface area contributed by atoms with Crippen molar-refractivity contribution < 1.29 is 13.9 Å². The molecule has 0 saturated heterocycles. The maximum absolute atomic E-state index is 14.1. The van der Waals surface area contributed by atoms with Crippen LogP contribution in [0.25, 0.3) is 0 Å². The summed E-state index contributed by atoms with van der Waals surface area (Å²) >= 11 is 0.996. The number of carbonyl (C=O) groups is 1. The quantitative estimate of drug-likeness (QED) is 0.790. The first-order valence-corrected chi connectivity index (χ1v) is 6.64. The van der Waals surface area contributed by atoms with E-state index in [1.165, 1.54) is 19.2 Å². The van der Waals surface area contributed by atoms with E-state index >= 15 is 0 Å². The van der Waals surface area contributed by atoms with Crippen molar-refractivity contribution >= 4 is 17.3 Å². The van der Waals surface area contributed by atoms with Gasteiger partial charge in [0.05, 0.1) is 18.4 Å². The summed E-state index contributed by atoms with van der Waals surface area (Å²) in [5.74, 6) is -0.985. The summed E-state index contributed by atoms with van der Waals surface area (Å²) in [5, 5.41) is 3.92. The van der Waals surface area contributed by atoms with Gasteiger partial charge in [-0.25, -0.2) is 4.39 Å². The summed E-state index contributed by atoms with van der Waals surface area (Å²) in [6.07, 6.45) is 1.51. The average molecular weight is 280 g/mol. The number of nitrogens with zero attached hydrogens (tertiary/aromatic N) is 2. The Morgan fingerprint density at radius 3 is 2.95 bits per heavy atom. The fourth-order valence-corrected chi connectivity index (χ4v) is 2.41. The average Bonchev–Trinajstić information content (AvgIpc) is 2.87. The number of ether oxygens (including phenoxy) is 1. The van der Waals surface area contributed by atoms with Crippen molar-refractivity contribution in [2.75, 3.05) is 7.11 Å². The Morgan fingerprint density at radius 1 is 1.47 bits per heavy atom. The third-order valence-electron chi connectivity index (χ3n) is 2.68. The molecule has 0 spiro atoms. The van der Waals surface area contributed by atoms with Crippen LogP contribution in [0.2, 0.25) is 0 Å². The van der Waals surface area contributed by atoms with Gasteiger partial charge in [-0.1, -0.05) is 23.9 Å². The summed E-state index contributed by atoms with van der Waals surface area (Å²) in [7, 11) is 1.36. The molecule has 1 heterocycles. The lowest BCUT2D eigenvalue weighted by Crippen LogP contribution is -2.06. The summed E-state index contributed by atoms with van der Waals surface area (Å²) in [6, 6.07) is 4.50. The fraction of sp³-hybridized carbons (Fsp3) is 0.308. The number of methoxy groups -OCH3 is 1. The monoisotopic (exact) mass is 280 g/mol. The van der Waals surface area contributed by atoms with Gasteiger partial charge < -0.3 is 4.74 Å². The van der Waals surface area contributed by atoms with E-state index in [1.54, 1.807) is 6.07 Å². The van der Waals surface area contributed by atoms with Gasteiger partial charge in [0.25, 0.3) is 0 Å². The second kappa shape index (κ2) is 5.88. The van der Waals surface area contributed by atoms with E-state index in [1.807, 2.05) is 6.92 Å². The van der Waals surface area contributed by atoms with E-state index in [0.717, 1.165) is 18.0 Å². The van der Waals surface area contributed by atoms with Crippen LogP contribution in [-0.4, -0.2) is 22.5 Å². The lowest BCUT2D eigenvalue weighted by atomic mass is 10.1. The Bertz CT molecular complexity index is 598. The molecular formula is C13H13FN2O2S. The number of hydrogen-bond acceptors (Lipinski definition) is 5. The maximum atomic E-state index is 14.1. The predicted molar refractivity (Wildman–Crippen MR) is 70.3 cm³/mol.